The molecular formula is C18H17N5O3S. The van der Waals surface area contributed by atoms with Crippen LogP contribution in [0.15, 0.2) is 64.6 Å². The van der Waals surface area contributed by atoms with E-state index in [9.17, 15) is 8.42 Å². The molecule has 0 fully saturated rings. The number of benzene rings is 2. The van der Waals surface area contributed by atoms with Crippen LogP contribution in [0.2, 0.25) is 0 Å². The van der Waals surface area contributed by atoms with E-state index >= 15 is 0 Å². The van der Waals surface area contributed by atoms with Gasteiger partial charge in [-0.15, -0.1) is 0 Å². The zero-order valence-electron chi connectivity index (χ0n) is 14.5. The third kappa shape index (κ3) is 3.13. The van der Waals surface area contributed by atoms with Crippen molar-refractivity contribution in [3.05, 3.63) is 60.3 Å². The fourth-order valence-electron chi connectivity index (χ4n) is 2.88. The quantitative estimate of drug-likeness (QED) is 0.706. The summed E-state index contributed by atoms with van der Waals surface area (Å²) in [5.41, 5.74) is 1.66. The number of nitrogens with zero attached hydrogens (tertiary/aromatic N) is 3. The number of hydrogen-bond acceptors (Lipinski definition) is 6. The van der Waals surface area contributed by atoms with Crippen LogP contribution in [0.25, 0.3) is 5.69 Å². The number of rotatable bonds is 5. The highest BCUT2D eigenvalue weighted by atomic mass is 32.2. The number of aromatic nitrogens is 2. The molecule has 0 amide bonds. The Balaban J connectivity index is 1.87. The number of methoxy groups -OCH3 is 1. The lowest BCUT2D eigenvalue weighted by Gasteiger charge is -2.18. The monoisotopic (exact) mass is 383 g/mol. The van der Waals surface area contributed by atoms with Crippen LogP contribution in [-0.2, 0) is 16.6 Å². The van der Waals surface area contributed by atoms with Gasteiger partial charge >= 0.3 is 0 Å². The van der Waals surface area contributed by atoms with Crippen LogP contribution in [0, 0.1) is 0 Å². The summed E-state index contributed by atoms with van der Waals surface area (Å²) in [6.45, 7) is 0.474. The molecule has 1 aliphatic rings. The van der Waals surface area contributed by atoms with Gasteiger partial charge in [0, 0.05) is 11.3 Å². The number of fused-ring (bicyclic) bond motifs is 1. The Labute approximate surface area is 156 Å². The van der Waals surface area contributed by atoms with Crippen LogP contribution >= 0.6 is 0 Å². The average Bonchev–Trinajstić information content (AvgIpc) is 3.11. The first-order valence-corrected chi connectivity index (χ1v) is 9.65. The number of sulfonamides is 1. The van der Waals surface area contributed by atoms with Crippen molar-refractivity contribution in [2.24, 2.45) is 4.99 Å². The molecule has 138 valence electrons. The Morgan fingerprint density at radius 3 is 2.74 bits per heavy atom. The summed E-state index contributed by atoms with van der Waals surface area (Å²) in [6, 6.07) is 13.6. The number of ether oxygens (including phenoxy) is 1. The van der Waals surface area contributed by atoms with E-state index in [2.05, 4.69) is 20.1 Å². The molecule has 2 heterocycles. The van der Waals surface area contributed by atoms with E-state index in [0.29, 0.717) is 29.5 Å². The van der Waals surface area contributed by atoms with Crippen LogP contribution in [0.3, 0.4) is 0 Å². The zero-order valence-corrected chi connectivity index (χ0v) is 15.3. The minimum absolute atomic E-state index is 0.0564. The molecule has 0 atom stereocenters. The standard InChI is InChI=1S/C18H17N5O3S/c1-26-15-8-5-9-16(27(24,25)22-14-6-3-2-4-7-14)17(15)23-18-13(11-21-23)10-19-12-20-18/h2-9,11-12,22H,10H2,1H3,(H,19,20). The third-order valence-electron chi connectivity index (χ3n) is 4.11. The van der Waals surface area contributed by atoms with Gasteiger partial charge in [-0.1, -0.05) is 24.3 Å². The molecule has 27 heavy (non-hydrogen) atoms. The van der Waals surface area contributed by atoms with Gasteiger partial charge < -0.3 is 10.1 Å². The Bertz CT molecular complexity index is 1110. The first-order chi connectivity index (χ1) is 13.1. The largest absolute Gasteiger partial charge is 0.494 e. The maximum Gasteiger partial charge on any atom is 0.264 e. The van der Waals surface area contributed by atoms with Gasteiger partial charge in [-0.25, -0.2) is 13.1 Å². The molecule has 1 aromatic heterocycles. The SMILES string of the molecule is COc1cccc(S(=O)(=O)Nc2ccccc2)c1-n1ncc2c1NC=NC2. The highest BCUT2D eigenvalue weighted by Crippen LogP contribution is 2.34. The van der Waals surface area contributed by atoms with E-state index in [4.69, 9.17) is 4.74 Å². The van der Waals surface area contributed by atoms with Gasteiger partial charge in [-0.05, 0) is 24.3 Å². The summed E-state index contributed by atoms with van der Waals surface area (Å²) >= 11 is 0. The van der Waals surface area contributed by atoms with E-state index in [1.165, 1.54) is 17.9 Å². The molecule has 2 N–H and O–H groups in total. The van der Waals surface area contributed by atoms with E-state index < -0.39 is 10.0 Å². The number of hydrogen-bond donors (Lipinski definition) is 2. The smallest absolute Gasteiger partial charge is 0.264 e. The van der Waals surface area contributed by atoms with Crippen LogP contribution in [0.1, 0.15) is 5.56 Å². The molecule has 1 aliphatic heterocycles. The predicted molar refractivity (Wildman–Crippen MR) is 103 cm³/mol. The molecule has 8 nitrogen and oxygen atoms in total. The minimum Gasteiger partial charge on any atom is -0.494 e. The zero-order chi connectivity index (χ0) is 18.9. The second-order valence-electron chi connectivity index (χ2n) is 5.82. The van der Waals surface area contributed by atoms with Crippen LogP contribution in [0.4, 0.5) is 11.5 Å². The van der Waals surface area contributed by atoms with Crippen molar-refractivity contribution < 1.29 is 13.2 Å². The van der Waals surface area contributed by atoms with Gasteiger partial charge in [-0.2, -0.15) is 5.10 Å². The molecule has 0 saturated heterocycles. The molecule has 9 heteroatoms. The van der Waals surface area contributed by atoms with Gasteiger partial charge in [0.1, 0.15) is 22.2 Å². The first kappa shape index (κ1) is 17.1. The highest BCUT2D eigenvalue weighted by molar-refractivity contribution is 7.92. The Morgan fingerprint density at radius 2 is 1.96 bits per heavy atom. The van der Waals surface area contributed by atoms with Gasteiger partial charge in [0.2, 0.25) is 0 Å². The normalized spacial score (nSPS) is 12.9. The second-order valence-corrected chi connectivity index (χ2v) is 7.47. The topological polar surface area (TPSA) is 97.6 Å². The van der Waals surface area contributed by atoms with Crippen molar-refractivity contribution in [3.63, 3.8) is 0 Å². The van der Waals surface area contributed by atoms with Crippen LogP contribution in [0.5, 0.6) is 5.75 Å². The lowest BCUT2D eigenvalue weighted by atomic mass is 10.2. The Morgan fingerprint density at radius 1 is 1.15 bits per heavy atom. The van der Waals surface area contributed by atoms with E-state index in [1.54, 1.807) is 48.9 Å². The second kappa shape index (κ2) is 6.76. The van der Waals surface area contributed by atoms with E-state index in [0.717, 1.165) is 5.56 Å². The molecule has 2 aromatic carbocycles. The summed E-state index contributed by atoms with van der Waals surface area (Å²) in [5, 5.41) is 7.39. The average molecular weight is 383 g/mol. The van der Waals surface area contributed by atoms with Crippen molar-refractivity contribution in [3.8, 4) is 11.4 Å². The summed E-state index contributed by atoms with van der Waals surface area (Å²) in [6.07, 6.45) is 3.22. The first-order valence-electron chi connectivity index (χ1n) is 8.17. The summed E-state index contributed by atoms with van der Waals surface area (Å²) in [5.74, 6) is 1.05. The molecule has 0 spiro atoms. The summed E-state index contributed by atoms with van der Waals surface area (Å²) in [4.78, 5) is 4.20. The molecule has 0 bridgehead atoms. The molecular weight excluding hydrogens is 366 g/mol. The number of para-hydroxylation sites is 2. The molecule has 0 saturated carbocycles. The fraction of sp³-hybridized carbons (Fsp3) is 0.111. The van der Waals surface area contributed by atoms with E-state index in [1.807, 2.05) is 6.07 Å². The summed E-state index contributed by atoms with van der Waals surface area (Å²) in [7, 11) is -2.39. The van der Waals surface area contributed by atoms with Crippen LogP contribution < -0.4 is 14.8 Å². The fourth-order valence-corrected chi connectivity index (χ4v) is 4.14. The predicted octanol–water partition coefficient (Wildman–Crippen LogP) is 2.64. The highest BCUT2D eigenvalue weighted by Gasteiger charge is 2.26. The number of anilines is 2. The third-order valence-corrected chi connectivity index (χ3v) is 5.52. The summed E-state index contributed by atoms with van der Waals surface area (Å²) < 4.78 is 35.8. The van der Waals surface area contributed by atoms with Crippen molar-refractivity contribution in [2.75, 3.05) is 17.1 Å². The van der Waals surface area contributed by atoms with Gasteiger partial charge in [-0.3, -0.25) is 9.71 Å². The van der Waals surface area contributed by atoms with Crippen molar-refractivity contribution in [1.82, 2.24) is 9.78 Å². The molecule has 0 aliphatic carbocycles. The van der Waals surface area contributed by atoms with Crippen molar-refractivity contribution in [1.29, 1.82) is 0 Å². The molecule has 3 aromatic rings. The Hall–Kier alpha value is -3.33. The lowest BCUT2D eigenvalue weighted by molar-refractivity contribution is 0.410. The molecule has 0 radical (unpaired) electrons. The van der Waals surface area contributed by atoms with Gasteiger partial charge in [0.25, 0.3) is 10.0 Å². The minimum atomic E-state index is -3.88. The van der Waals surface area contributed by atoms with Gasteiger partial charge in [0.15, 0.2) is 0 Å². The number of nitrogens with one attached hydrogen (secondary N) is 2. The molecule has 4 rings (SSSR count). The maximum absolute atomic E-state index is 13.1. The van der Waals surface area contributed by atoms with Crippen LogP contribution in [-0.4, -0.2) is 31.6 Å². The lowest BCUT2D eigenvalue weighted by Crippen LogP contribution is -2.18. The van der Waals surface area contributed by atoms with E-state index in [-0.39, 0.29) is 4.90 Å². The molecule has 0 unspecified atom stereocenters. The number of aliphatic imine (C=N–C) groups is 1. The van der Waals surface area contributed by atoms with Crippen molar-refractivity contribution >= 4 is 27.9 Å². The van der Waals surface area contributed by atoms with Crippen molar-refractivity contribution in [2.45, 2.75) is 11.4 Å². The maximum atomic E-state index is 13.1. The Kier molecular flexibility index (Phi) is 4.28. The van der Waals surface area contributed by atoms with Gasteiger partial charge in [0.05, 0.1) is 26.2 Å².